The molecule has 2 rings (SSSR count). The fraction of sp³-hybridized carbons (Fsp3) is 0.538. The Labute approximate surface area is 139 Å². The van der Waals surface area contributed by atoms with Gasteiger partial charge in [0.25, 0.3) is 5.91 Å². The molecule has 0 unspecified atom stereocenters. The van der Waals surface area contributed by atoms with E-state index in [0.29, 0.717) is 25.9 Å². The summed E-state index contributed by atoms with van der Waals surface area (Å²) < 4.78 is 22.9. The number of hydrogen-bond acceptors (Lipinski definition) is 7. The van der Waals surface area contributed by atoms with E-state index in [1.165, 1.54) is 29.2 Å². The molecule has 1 saturated heterocycles. The average Bonchev–Trinajstić information content (AvgIpc) is 2.54. The Morgan fingerprint density at radius 3 is 2.54 bits per heavy atom. The lowest BCUT2D eigenvalue weighted by atomic mass is 10.1. The lowest BCUT2D eigenvalue weighted by molar-refractivity contribution is 0.0625. The van der Waals surface area contributed by atoms with Crippen LogP contribution in [0.2, 0.25) is 0 Å². The number of aromatic nitrogens is 2. The van der Waals surface area contributed by atoms with Gasteiger partial charge in [0, 0.05) is 38.6 Å². The molecule has 2 N–H and O–H groups in total. The molecule has 1 aliphatic rings. The molecule has 11 heteroatoms. The second-order valence-electron chi connectivity index (χ2n) is 5.53. The van der Waals surface area contributed by atoms with Crippen molar-refractivity contribution in [2.24, 2.45) is 0 Å². The lowest BCUT2D eigenvalue weighted by Gasteiger charge is -2.33. The highest BCUT2D eigenvalue weighted by Crippen LogP contribution is 2.11. The summed E-state index contributed by atoms with van der Waals surface area (Å²) in [5.41, 5.74) is 2.95. The molecule has 1 fully saturated rings. The number of hydrogen-bond donors (Lipinski definition) is 2. The number of carbonyl (C=O) groups excluding carboxylic acids is 1. The number of carbonyl (C=O) groups is 2. The van der Waals surface area contributed by atoms with Gasteiger partial charge < -0.3 is 10.0 Å². The summed E-state index contributed by atoms with van der Waals surface area (Å²) in [6.45, 7) is 0.779. The molecule has 0 aliphatic carbocycles. The first-order valence-electron chi connectivity index (χ1n) is 7.23. The van der Waals surface area contributed by atoms with Gasteiger partial charge in [-0.1, -0.05) is 0 Å². The van der Waals surface area contributed by atoms with Crippen molar-refractivity contribution in [3.05, 3.63) is 18.0 Å². The van der Waals surface area contributed by atoms with Gasteiger partial charge in [-0.2, -0.15) is 0 Å². The Morgan fingerprint density at radius 1 is 1.38 bits per heavy atom. The summed E-state index contributed by atoms with van der Waals surface area (Å²) in [4.78, 5) is 32.0. The Morgan fingerprint density at radius 2 is 2.00 bits per heavy atom. The highest BCUT2D eigenvalue weighted by molar-refractivity contribution is 7.90. The third kappa shape index (κ3) is 4.38. The van der Waals surface area contributed by atoms with Crippen LogP contribution in [0.3, 0.4) is 0 Å². The van der Waals surface area contributed by atoms with Crippen molar-refractivity contribution in [2.75, 3.05) is 26.4 Å². The van der Waals surface area contributed by atoms with Crippen molar-refractivity contribution >= 4 is 21.8 Å². The van der Waals surface area contributed by atoms with Crippen LogP contribution in [-0.4, -0.2) is 77.8 Å². The van der Waals surface area contributed by atoms with Crippen LogP contribution in [0.15, 0.2) is 17.4 Å². The van der Waals surface area contributed by atoms with Crippen LogP contribution in [0.1, 0.15) is 23.3 Å². The van der Waals surface area contributed by atoms with Gasteiger partial charge in [-0.25, -0.2) is 28.6 Å². The molecular formula is C13H19N5O5S. The highest BCUT2D eigenvalue weighted by Gasteiger charge is 2.25. The minimum absolute atomic E-state index is 0.0385. The highest BCUT2D eigenvalue weighted by atomic mass is 32.2. The van der Waals surface area contributed by atoms with Crippen molar-refractivity contribution < 1.29 is 23.1 Å². The van der Waals surface area contributed by atoms with Crippen LogP contribution in [0.4, 0.5) is 4.79 Å². The molecule has 0 atom stereocenters. The zero-order chi connectivity index (χ0) is 17.9. The largest absolute Gasteiger partial charge is 0.465 e. The predicted octanol–water partition coefficient (Wildman–Crippen LogP) is -0.401. The maximum atomic E-state index is 12.3. The van der Waals surface area contributed by atoms with Gasteiger partial charge in [0.2, 0.25) is 15.0 Å². The van der Waals surface area contributed by atoms with Crippen molar-refractivity contribution in [3.8, 4) is 0 Å². The number of nitrogens with one attached hydrogen (secondary N) is 1. The molecule has 1 aliphatic heterocycles. The number of piperidine rings is 1. The second-order valence-corrected chi connectivity index (χ2v) is 7.44. The predicted molar refractivity (Wildman–Crippen MR) is 83.0 cm³/mol. The van der Waals surface area contributed by atoms with Crippen molar-refractivity contribution in [1.82, 2.24) is 25.3 Å². The molecule has 1 aromatic heterocycles. The van der Waals surface area contributed by atoms with Crippen molar-refractivity contribution in [3.63, 3.8) is 0 Å². The van der Waals surface area contributed by atoms with Crippen LogP contribution in [0.25, 0.3) is 0 Å². The van der Waals surface area contributed by atoms with Gasteiger partial charge in [-0.05, 0) is 18.9 Å². The molecule has 2 heterocycles. The first-order valence-corrected chi connectivity index (χ1v) is 9.13. The van der Waals surface area contributed by atoms with Gasteiger partial charge in [0.1, 0.15) is 5.69 Å². The lowest BCUT2D eigenvalue weighted by Crippen LogP contribution is -2.51. The van der Waals surface area contributed by atoms with E-state index in [9.17, 15) is 18.0 Å². The molecule has 10 nitrogen and oxygen atoms in total. The van der Waals surface area contributed by atoms with Gasteiger partial charge in [0.05, 0.1) is 0 Å². The zero-order valence-corrected chi connectivity index (χ0v) is 14.2. The summed E-state index contributed by atoms with van der Waals surface area (Å²) in [5.74, 6) is -0.497. The molecule has 0 bridgehead atoms. The first kappa shape index (κ1) is 18.1. The summed E-state index contributed by atoms with van der Waals surface area (Å²) in [7, 11) is -2.09. The Hall–Kier alpha value is -2.27. The van der Waals surface area contributed by atoms with E-state index in [4.69, 9.17) is 5.11 Å². The molecule has 0 aromatic carbocycles. The van der Waals surface area contributed by atoms with E-state index >= 15 is 0 Å². The van der Waals surface area contributed by atoms with E-state index < -0.39 is 27.0 Å². The minimum Gasteiger partial charge on any atom is -0.465 e. The van der Waals surface area contributed by atoms with Crippen LogP contribution < -0.4 is 5.43 Å². The number of nitrogens with zero attached hydrogens (tertiary/aromatic N) is 4. The summed E-state index contributed by atoms with van der Waals surface area (Å²) in [6, 6.07) is 1.29. The molecule has 132 valence electrons. The standard InChI is InChI=1S/C13H19N5O5S/c1-17(16-9-4-7-18(8-5-9)13(20)21)11(19)10-3-6-14-12(15-10)24(2,22)23/h3,6,9,16H,4-5,7-8H2,1-2H3,(H,20,21). The topological polar surface area (TPSA) is 133 Å². The zero-order valence-electron chi connectivity index (χ0n) is 13.3. The second kappa shape index (κ2) is 7.09. The van der Waals surface area contributed by atoms with E-state index in [2.05, 4.69) is 15.4 Å². The van der Waals surface area contributed by atoms with Crippen LogP contribution >= 0.6 is 0 Å². The van der Waals surface area contributed by atoms with E-state index in [1.807, 2.05) is 0 Å². The monoisotopic (exact) mass is 357 g/mol. The maximum absolute atomic E-state index is 12.3. The van der Waals surface area contributed by atoms with Crippen LogP contribution in [-0.2, 0) is 9.84 Å². The quantitative estimate of drug-likeness (QED) is 0.549. The smallest absolute Gasteiger partial charge is 0.407 e. The number of amides is 2. The molecule has 2 amide bonds. The summed E-state index contributed by atoms with van der Waals surface area (Å²) >= 11 is 0. The molecule has 1 aromatic rings. The van der Waals surface area contributed by atoms with Gasteiger partial charge in [0.15, 0.2) is 0 Å². The molecule has 24 heavy (non-hydrogen) atoms. The van der Waals surface area contributed by atoms with Crippen LogP contribution in [0.5, 0.6) is 0 Å². The first-order chi connectivity index (χ1) is 11.2. The normalized spacial score (nSPS) is 16.0. The average molecular weight is 357 g/mol. The van der Waals surface area contributed by atoms with Gasteiger partial charge in [-0.3, -0.25) is 9.80 Å². The van der Waals surface area contributed by atoms with Gasteiger partial charge >= 0.3 is 6.09 Å². The third-order valence-electron chi connectivity index (χ3n) is 3.63. The molecule has 0 saturated carbocycles. The maximum Gasteiger partial charge on any atom is 0.407 e. The van der Waals surface area contributed by atoms with Crippen molar-refractivity contribution in [1.29, 1.82) is 0 Å². The Balaban J connectivity index is 1.99. The van der Waals surface area contributed by atoms with Crippen LogP contribution in [0, 0.1) is 0 Å². The summed E-state index contributed by atoms with van der Waals surface area (Å²) in [5, 5.41) is 9.74. The summed E-state index contributed by atoms with van der Waals surface area (Å²) in [6.07, 6.45) is 2.38. The number of carboxylic acid groups (broad SMARTS) is 1. The number of likely N-dealkylation sites (tertiary alicyclic amines) is 1. The molecular weight excluding hydrogens is 338 g/mol. The minimum atomic E-state index is -3.60. The molecule has 0 radical (unpaired) electrons. The van der Waals surface area contributed by atoms with Crippen molar-refractivity contribution in [2.45, 2.75) is 24.0 Å². The van der Waals surface area contributed by atoms with E-state index in [0.717, 1.165) is 6.26 Å². The fourth-order valence-electron chi connectivity index (χ4n) is 2.34. The van der Waals surface area contributed by atoms with Gasteiger partial charge in [-0.15, -0.1) is 0 Å². The third-order valence-corrected chi connectivity index (χ3v) is 4.49. The fourth-order valence-corrected chi connectivity index (χ4v) is 2.86. The Kier molecular flexibility index (Phi) is 5.34. The van der Waals surface area contributed by atoms with E-state index in [1.54, 1.807) is 0 Å². The Bertz CT molecular complexity index is 730. The number of sulfone groups is 1. The molecule has 0 spiro atoms. The number of hydrazine groups is 1. The van der Waals surface area contributed by atoms with E-state index in [-0.39, 0.29) is 11.7 Å². The SMILES string of the molecule is CN(NC1CCN(C(=O)O)CC1)C(=O)c1ccnc(S(C)(=O)=O)n1. The number of rotatable bonds is 4.